The first-order valence-corrected chi connectivity index (χ1v) is 13.6. The molecule has 0 radical (unpaired) electrons. The van der Waals surface area contributed by atoms with Gasteiger partial charge in [0.25, 0.3) is 0 Å². The standard InChI is InChI=1S/C27H29F3N8OS/c1-14-11-20(27(28,29)30)37-38(14)19-9-5-17(6-10-19)12-32-25(22-15(2)40-16(3)35-22)36-24(31)21-23(18-7-8-18)33-13-34-26(21)39-4/h5-6,9-11,13,15,18,32H,7-8,12H2,1-4H3,(H2,31,36)/b25-22+. The van der Waals surface area contributed by atoms with E-state index in [1.165, 1.54) is 18.1 Å². The number of nitrogens with two attached hydrogens (primary N) is 1. The molecule has 0 amide bonds. The average molecular weight is 571 g/mol. The van der Waals surface area contributed by atoms with Gasteiger partial charge in [-0.2, -0.15) is 18.3 Å². The number of nitrogens with one attached hydrogen (secondary N) is 1. The minimum atomic E-state index is -4.50. The molecule has 1 unspecified atom stereocenters. The zero-order valence-electron chi connectivity index (χ0n) is 22.5. The highest BCUT2D eigenvalue weighted by Crippen LogP contribution is 2.42. The summed E-state index contributed by atoms with van der Waals surface area (Å²) < 4.78 is 46.0. The first-order valence-electron chi connectivity index (χ1n) is 12.7. The van der Waals surface area contributed by atoms with Crippen LogP contribution in [0, 0.1) is 6.92 Å². The number of benzene rings is 1. The fraction of sp³-hybridized carbons (Fsp3) is 0.370. The lowest BCUT2D eigenvalue weighted by molar-refractivity contribution is -0.141. The molecule has 1 atom stereocenters. The summed E-state index contributed by atoms with van der Waals surface area (Å²) >= 11 is 1.63. The zero-order chi connectivity index (χ0) is 28.6. The summed E-state index contributed by atoms with van der Waals surface area (Å²) in [7, 11) is 1.54. The van der Waals surface area contributed by atoms with Crippen LogP contribution < -0.4 is 15.8 Å². The molecule has 1 aliphatic heterocycles. The van der Waals surface area contributed by atoms with Crippen LogP contribution in [0.4, 0.5) is 13.2 Å². The molecule has 13 heteroatoms. The van der Waals surface area contributed by atoms with Crippen molar-refractivity contribution >= 4 is 22.6 Å². The number of rotatable bonds is 8. The van der Waals surface area contributed by atoms with Gasteiger partial charge in [-0.25, -0.2) is 24.6 Å². The molecule has 210 valence electrons. The minimum Gasteiger partial charge on any atom is -0.480 e. The van der Waals surface area contributed by atoms with Gasteiger partial charge in [-0.3, -0.25) is 0 Å². The van der Waals surface area contributed by atoms with Crippen molar-refractivity contribution in [2.75, 3.05) is 7.11 Å². The number of hydrogen-bond donors (Lipinski definition) is 2. The molecule has 5 rings (SSSR count). The largest absolute Gasteiger partial charge is 0.480 e. The highest BCUT2D eigenvalue weighted by atomic mass is 32.2. The van der Waals surface area contributed by atoms with Crippen LogP contribution in [-0.2, 0) is 12.7 Å². The van der Waals surface area contributed by atoms with Crippen LogP contribution in [0.5, 0.6) is 5.88 Å². The summed E-state index contributed by atoms with van der Waals surface area (Å²) in [4.78, 5) is 18.2. The summed E-state index contributed by atoms with van der Waals surface area (Å²) in [5.41, 5.74) is 9.61. The van der Waals surface area contributed by atoms with E-state index in [0.717, 1.165) is 40.9 Å². The molecular weight excluding hydrogens is 541 g/mol. The van der Waals surface area contributed by atoms with E-state index in [9.17, 15) is 13.2 Å². The van der Waals surface area contributed by atoms with E-state index in [0.29, 0.717) is 41.1 Å². The number of hydrogen-bond acceptors (Lipinski definition) is 8. The Kier molecular flexibility index (Phi) is 7.58. The molecule has 0 spiro atoms. The summed E-state index contributed by atoms with van der Waals surface area (Å²) in [5, 5.41) is 8.07. The molecule has 0 saturated heterocycles. The second kappa shape index (κ2) is 11.0. The number of aromatic nitrogens is 4. The van der Waals surface area contributed by atoms with Gasteiger partial charge in [0.2, 0.25) is 5.88 Å². The van der Waals surface area contributed by atoms with Crippen LogP contribution in [0.15, 0.2) is 58.2 Å². The highest BCUT2D eigenvalue weighted by Gasteiger charge is 2.35. The van der Waals surface area contributed by atoms with Gasteiger partial charge >= 0.3 is 6.18 Å². The van der Waals surface area contributed by atoms with Crippen LogP contribution in [0.2, 0.25) is 0 Å². The molecule has 2 aromatic heterocycles. The SMILES string of the molecule is COc1ncnc(C2CC2)c1/C(N)=N/C(NCc1ccc(-n2nc(C(F)(F)F)cc2C)cc1)=C1/N=C(C)SC1C. The molecule has 1 fully saturated rings. The third-order valence-electron chi connectivity index (χ3n) is 6.56. The predicted molar refractivity (Wildman–Crippen MR) is 149 cm³/mol. The number of aryl methyl sites for hydroxylation is 1. The first-order chi connectivity index (χ1) is 19.0. The summed E-state index contributed by atoms with van der Waals surface area (Å²) in [6.45, 7) is 5.96. The lowest BCUT2D eigenvalue weighted by atomic mass is 10.1. The Morgan fingerprint density at radius 2 is 1.93 bits per heavy atom. The number of halogens is 3. The molecule has 1 aliphatic carbocycles. The first kappa shape index (κ1) is 27.7. The second-order valence-electron chi connectivity index (χ2n) is 9.64. The Balaban J connectivity index is 1.42. The van der Waals surface area contributed by atoms with Crippen LogP contribution in [0.3, 0.4) is 0 Å². The van der Waals surface area contributed by atoms with Crippen LogP contribution in [0.25, 0.3) is 5.69 Å². The molecule has 3 aromatic rings. The summed E-state index contributed by atoms with van der Waals surface area (Å²) in [5.74, 6) is 1.42. The Morgan fingerprint density at radius 3 is 2.50 bits per heavy atom. The molecule has 2 aliphatic rings. The van der Waals surface area contributed by atoms with Crippen molar-refractivity contribution in [1.82, 2.24) is 25.1 Å². The summed E-state index contributed by atoms with van der Waals surface area (Å²) in [6.07, 6.45) is -0.981. The number of alkyl halides is 3. The second-order valence-corrected chi connectivity index (χ2v) is 11.2. The summed E-state index contributed by atoms with van der Waals surface area (Å²) in [6, 6.07) is 8.14. The fourth-order valence-corrected chi connectivity index (χ4v) is 5.41. The van der Waals surface area contributed by atoms with Crippen molar-refractivity contribution in [2.45, 2.75) is 57.5 Å². The van der Waals surface area contributed by atoms with E-state index in [-0.39, 0.29) is 11.1 Å². The average Bonchev–Trinajstić information content (AvgIpc) is 3.60. The van der Waals surface area contributed by atoms with Gasteiger partial charge in [-0.15, -0.1) is 11.8 Å². The quantitative estimate of drug-likeness (QED) is 0.286. The maximum Gasteiger partial charge on any atom is 0.435 e. The zero-order valence-corrected chi connectivity index (χ0v) is 23.3. The number of ether oxygens (including phenoxy) is 1. The van der Waals surface area contributed by atoms with Gasteiger partial charge in [0, 0.05) is 18.2 Å². The van der Waals surface area contributed by atoms with Gasteiger partial charge in [0.15, 0.2) is 11.5 Å². The third kappa shape index (κ3) is 5.83. The molecule has 1 saturated carbocycles. The van der Waals surface area contributed by atoms with Gasteiger partial charge in [-0.1, -0.05) is 12.1 Å². The van der Waals surface area contributed by atoms with Crippen molar-refractivity contribution in [3.05, 3.63) is 76.4 Å². The van der Waals surface area contributed by atoms with Crippen molar-refractivity contribution < 1.29 is 17.9 Å². The molecular formula is C27H29F3N8OS. The van der Waals surface area contributed by atoms with Crippen LogP contribution >= 0.6 is 11.8 Å². The lowest BCUT2D eigenvalue weighted by Crippen LogP contribution is -2.23. The molecule has 3 heterocycles. The number of thioether (sulfide) groups is 1. The normalized spacial score (nSPS) is 19.0. The predicted octanol–water partition coefficient (Wildman–Crippen LogP) is 5.09. The molecule has 40 heavy (non-hydrogen) atoms. The molecule has 3 N–H and O–H groups in total. The number of amidine groups is 1. The van der Waals surface area contributed by atoms with Crippen LogP contribution in [0.1, 0.15) is 60.8 Å². The van der Waals surface area contributed by atoms with Crippen molar-refractivity contribution in [3.8, 4) is 11.6 Å². The Labute approximate surface area is 233 Å². The van der Waals surface area contributed by atoms with Gasteiger partial charge in [0.05, 0.1) is 34.5 Å². The topological polar surface area (TPSA) is 116 Å². The smallest absolute Gasteiger partial charge is 0.435 e. The fourth-order valence-electron chi connectivity index (χ4n) is 4.47. The molecule has 9 nitrogen and oxygen atoms in total. The van der Waals surface area contributed by atoms with Crippen LogP contribution in [-0.4, -0.2) is 43.0 Å². The monoisotopic (exact) mass is 570 g/mol. The molecule has 0 bridgehead atoms. The van der Waals surface area contributed by atoms with Crippen molar-refractivity contribution in [2.24, 2.45) is 15.7 Å². The van der Waals surface area contributed by atoms with Crippen molar-refractivity contribution in [3.63, 3.8) is 0 Å². The number of aliphatic imine (C=N–C) groups is 2. The van der Waals surface area contributed by atoms with E-state index in [1.54, 1.807) is 30.8 Å². The van der Waals surface area contributed by atoms with Gasteiger partial charge < -0.3 is 15.8 Å². The Bertz CT molecular complexity index is 1510. The lowest BCUT2D eigenvalue weighted by Gasteiger charge is -2.15. The maximum absolute atomic E-state index is 13.1. The number of methoxy groups -OCH3 is 1. The third-order valence-corrected chi connectivity index (χ3v) is 7.57. The van der Waals surface area contributed by atoms with E-state index in [4.69, 9.17) is 20.5 Å². The van der Waals surface area contributed by atoms with E-state index < -0.39 is 11.9 Å². The van der Waals surface area contributed by atoms with E-state index in [2.05, 4.69) is 20.4 Å². The number of nitrogens with zero attached hydrogens (tertiary/aromatic N) is 6. The van der Waals surface area contributed by atoms with Gasteiger partial charge in [-0.05, 0) is 57.4 Å². The Hall–Kier alpha value is -3.87. The van der Waals surface area contributed by atoms with E-state index in [1.807, 2.05) is 26.0 Å². The Morgan fingerprint density at radius 1 is 1.20 bits per heavy atom. The van der Waals surface area contributed by atoms with Crippen molar-refractivity contribution in [1.29, 1.82) is 0 Å². The maximum atomic E-state index is 13.1. The van der Waals surface area contributed by atoms with E-state index >= 15 is 0 Å². The minimum absolute atomic E-state index is 0.0591. The highest BCUT2D eigenvalue weighted by molar-refractivity contribution is 8.14. The molecule has 1 aromatic carbocycles. The van der Waals surface area contributed by atoms with Gasteiger partial charge in [0.1, 0.15) is 17.7 Å².